The minimum Gasteiger partial charge on any atom is -0.465 e. The van der Waals surface area contributed by atoms with Gasteiger partial charge in [0.15, 0.2) is 0 Å². The second-order valence-electron chi connectivity index (χ2n) is 4.71. The van der Waals surface area contributed by atoms with Crippen molar-refractivity contribution in [1.82, 2.24) is 10.2 Å². The fourth-order valence-corrected chi connectivity index (χ4v) is 2.40. The van der Waals surface area contributed by atoms with E-state index in [1.54, 1.807) is 0 Å². The van der Waals surface area contributed by atoms with Crippen molar-refractivity contribution in [2.45, 2.75) is 32.5 Å². The molecular weight excluding hydrogens is 264 g/mol. The highest BCUT2D eigenvalue weighted by atomic mass is 35.5. The van der Waals surface area contributed by atoms with Gasteiger partial charge in [0.05, 0.1) is 6.61 Å². The van der Waals surface area contributed by atoms with Gasteiger partial charge in [-0.25, -0.2) is 0 Å². The first-order valence-corrected chi connectivity index (χ1v) is 6.88. The fourth-order valence-electron chi connectivity index (χ4n) is 2.28. The summed E-state index contributed by atoms with van der Waals surface area (Å²) in [5, 5.41) is 3.93. The van der Waals surface area contributed by atoms with Crippen LogP contribution in [0, 0.1) is 0 Å². The van der Waals surface area contributed by atoms with Crippen molar-refractivity contribution >= 4 is 17.6 Å². The van der Waals surface area contributed by atoms with Crippen LogP contribution >= 0.6 is 11.6 Å². The monoisotopic (exact) mass is 282 g/mol. The number of halogens is 1. The normalized spacial score (nSPS) is 23.5. The van der Waals surface area contributed by atoms with Crippen LogP contribution in [0.1, 0.15) is 19.4 Å². The van der Waals surface area contributed by atoms with Gasteiger partial charge in [-0.2, -0.15) is 0 Å². The van der Waals surface area contributed by atoms with Crippen LogP contribution in [0.25, 0.3) is 0 Å². The molecule has 5 heteroatoms. The van der Waals surface area contributed by atoms with Gasteiger partial charge in [-0.3, -0.25) is 15.0 Å². The first-order chi connectivity index (χ1) is 9.11. The van der Waals surface area contributed by atoms with E-state index < -0.39 is 0 Å². The van der Waals surface area contributed by atoms with E-state index in [1.165, 1.54) is 5.56 Å². The van der Waals surface area contributed by atoms with Crippen LogP contribution in [0.5, 0.6) is 0 Å². The Morgan fingerprint density at radius 2 is 2.16 bits per heavy atom. The number of esters is 1. The highest BCUT2D eigenvalue weighted by molar-refractivity contribution is 6.30. The molecule has 1 aliphatic rings. The van der Waals surface area contributed by atoms with Crippen LogP contribution in [-0.4, -0.2) is 36.2 Å². The Bertz CT molecular complexity index is 436. The maximum atomic E-state index is 11.8. The lowest BCUT2D eigenvalue weighted by molar-refractivity contribution is -0.145. The summed E-state index contributed by atoms with van der Waals surface area (Å²) >= 11 is 5.87. The van der Waals surface area contributed by atoms with Crippen LogP contribution in [0.2, 0.25) is 5.02 Å². The van der Waals surface area contributed by atoms with Gasteiger partial charge in [0.25, 0.3) is 0 Å². The van der Waals surface area contributed by atoms with Crippen molar-refractivity contribution in [2.75, 3.05) is 13.3 Å². The first kappa shape index (κ1) is 14.3. The second-order valence-corrected chi connectivity index (χ2v) is 5.14. The van der Waals surface area contributed by atoms with Gasteiger partial charge >= 0.3 is 5.97 Å². The van der Waals surface area contributed by atoms with Gasteiger partial charge in [0, 0.05) is 24.3 Å². The largest absolute Gasteiger partial charge is 0.465 e. The topological polar surface area (TPSA) is 41.6 Å². The molecule has 1 fully saturated rings. The Morgan fingerprint density at radius 1 is 1.47 bits per heavy atom. The number of benzene rings is 1. The van der Waals surface area contributed by atoms with Crippen LogP contribution in [0.4, 0.5) is 0 Å². The summed E-state index contributed by atoms with van der Waals surface area (Å²) in [5.41, 5.74) is 1.18. The van der Waals surface area contributed by atoms with Crippen molar-refractivity contribution < 1.29 is 9.53 Å². The Hall–Kier alpha value is -1.10. The van der Waals surface area contributed by atoms with E-state index >= 15 is 0 Å². The molecule has 0 bridgehead atoms. The summed E-state index contributed by atoms with van der Waals surface area (Å²) in [6, 6.07) is 7.66. The van der Waals surface area contributed by atoms with Crippen LogP contribution in [0.15, 0.2) is 24.3 Å². The molecule has 19 heavy (non-hydrogen) atoms. The molecule has 104 valence electrons. The molecule has 4 nitrogen and oxygen atoms in total. The molecule has 0 spiro atoms. The summed E-state index contributed by atoms with van der Waals surface area (Å²) in [6.07, 6.45) is 0. The number of nitrogens with zero attached hydrogens (tertiary/aromatic N) is 1. The zero-order valence-corrected chi connectivity index (χ0v) is 12.0. The summed E-state index contributed by atoms with van der Waals surface area (Å²) in [4.78, 5) is 14.0. The predicted octanol–water partition coefficient (Wildman–Crippen LogP) is 2.02. The maximum Gasteiger partial charge on any atom is 0.324 e. The van der Waals surface area contributed by atoms with Crippen molar-refractivity contribution in [2.24, 2.45) is 0 Å². The van der Waals surface area contributed by atoms with E-state index in [0.717, 1.165) is 11.6 Å². The molecule has 1 aliphatic heterocycles. The van der Waals surface area contributed by atoms with Gasteiger partial charge < -0.3 is 4.74 Å². The molecule has 2 rings (SSSR count). The van der Waals surface area contributed by atoms with Crippen molar-refractivity contribution in [3.63, 3.8) is 0 Å². The third-order valence-corrected chi connectivity index (χ3v) is 3.66. The lowest BCUT2D eigenvalue weighted by Gasteiger charge is -2.22. The molecule has 0 radical (unpaired) electrons. The van der Waals surface area contributed by atoms with E-state index in [0.29, 0.717) is 13.3 Å². The third-order valence-electron chi connectivity index (χ3n) is 3.41. The molecule has 2 atom stereocenters. The van der Waals surface area contributed by atoms with Crippen molar-refractivity contribution in [3.8, 4) is 0 Å². The number of hydrogen-bond donors (Lipinski definition) is 1. The molecule has 0 aromatic heterocycles. The number of carbonyl (C=O) groups excluding carboxylic acids is 1. The summed E-state index contributed by atoms with van der Waals surface area (Å²) in [6.45, 7) is 5.76. The predicted molar refractivity (Wildman–Crippen MR) is 74.9 cm³/mol. The zero-order valence-electron chi connectivity index (χ0n) is 11.2. The number of ether oxygens (including phenoxy) is 1. The van der Waals surface area contributed by atoms with Crippen molar-refractivity contribution in [3.05, 3.63) is 34.9 Å². The molecule has 0 amide bonds. The highest BCUT2D eigenvalue weighted by Crippen LogP contribution is 2.17. The Balaban J connectivity index is 1.96. The molecule has 0 saturated carbocycles. The van der Waals surface area contributed by atoms with E-state index in [9.17, 15) is 4.79 Å². The van der Waals surface area contributed by atoms with E-state index in [-0.39, 0.29) is 18.1 Å². The van der Waals surface area contributed by atoms with E-state index in [2.05, 4.69) is 10.2 Å². The summed E-state index contributed by atoms with van der Waals surface area (Å²) in [7, 11) is 0. The number of carbonyl (C=O) groups is 1. The Morgan fingerprint density at radius 3 is 2.79 bits per heavy atom. The minimum absolute atomic E-state index is 0.120. The third kappa shape index (κ3) is 3.47. The standard InChI is InChI=1S/C14H19ClN2O2/c1-3-19-14(18)13-10(2)17(9-16-13)8-11-4-6-12(15)7-5-11/h4-7,10,13,16H,3,8-9H2,1-2H3. The molecule has 1 N–H and O–H groups in total. The summed E-state index contributed by atoms with van der Waals surface area (Å²) < 4.78 is 5.06. The second kappa shape index (κ2) is 6.37. The van der Waals surface area contributed by atoms with Gasteiger partial charge in [-0.1, -0.05) is 23.7 Å². The van der Waals surface area contributed by atoms with Gasteiger partial charge in [0.1, 0.15) is 6.04 Å². The SMILES string of the molecule is CCOC(=O)C1NCN(Cc2ccc(Cl)cc2)C1C. The smallest absolute Gasteiger partial charge is 0.324 e. The lowest BCUT2D eigenvalue weighted by Crippen LogP contribution is -2.40. The molecule has 1 heterocycles. The van der Waals surface area contributed by atoms with Crippen LogP contribution in [-0.2, 0) is 16.1 Å². The van der Waals surface area contributed by atoms with Gasteiger partial charge in [-0.15, -0.1) is 0 Å². The average Bonchev–Trinajstić information content (AvgIpc) is 2.74. The molecule has 0 aliphatic carbocycles. The van der Waals surface area contributed by atoms with Crippen molar-refractivity contribution in [1.29, 1.82) is 0 Å². The maximum absolute atomic E-state index is 11.8. The van der Waals surface area contributed by atoms with Crippen LogP contribution in [0.3, 0.4) is 0 Å². The van der Waals surface area contributed by atoms with E-state index in [4.69, 9.17) is 16.3 Å². The fraction of sp³-hybridized carbons (Fsp3) is 0.500. The Labute approximate surface area is 118 Å². The summed E-state index contributed by atoms with van der Waals surface area (Å²) in [5.74, 6) is -0.173. The molecule has 1 aromatic rings. The molecule has 1 aromatic carbocycles. The first-order valence-electron chi connectivity index (χ1n) is 6.50. The van der Waals surface area contributed by atoms with Gasteiger partial charge in [0.2, 0.25) is 0 Å². The highest BCUT2D eigenvalue weighted by Gasteiger charge is 2.35. The number of hydrogen-bond acceptors (Lipinski definition) is 4. The quantitative estimate of drug-likeness (QED) is 0.858. The molecule has 2 unspecified atom stereocenters. The minimum atomic E-state index is -0.243. The molecular formula is C14H19ClN2O2. The zero-order chi connectivity index (χ0) is 13.8. The average molecular weight is 283 g/mol. The number of rotatable bonds is 4. The lowest BCUT2D eigenvalue weighted by atomic mass is 10.1. The van der Waals surface area contributed by atoms with Crippen LogP contribution < -0.4 is 5.32 Å². The molecule has 1 saturated heterocycles. The van der Waals surface area contributed by atoms with E-state index in [1.807, 2.05) is 38.1 Å². The number of nitrogens with one attached hydrogen (secondary N) is 1. The Kier molecular flexibility index (Phi) is 4.80. The van der Waals surface area contributed by atoms with Gasteiger partial charge in [-0.05, 0) is 31.5 Å².